The predicted octanol–water partition coefficient (Wildman–Crippen LogP) is 0.683. The van der Waals surface area contributed by atoms with Crippen molar-refractivity contribution >= 4 is 11.9 Å². The molecule has 1 aliphatic carbocycles. The van der Waals surface area contributed by atoms with Gasteiger partial charge in [-0.3, -0.25) is 4.79 Å². The van der Waals surface area contributed by atoms with Gasteiger partial charge in [-0.05, 0) is 19.8 Å². The van der Waals surface area contributed by atoms with E-state index in [-0.39, 0.29) is 18.0 Å². The van der Waals surface area contributed by atoms with Crippen LogP contribution in [-0.4, -0.2) is 54.7 Å². The third kappa shape index (κ3) is 2.34. The Morgan fingerprint density at radius 1 is 1.38 bits per heavy atom. The molecule has 1 saturated heterocycles. The van der Waals surface area contributed by atoms with E-state index < -0.39 is 17.0 Å². The Hall–Kier alpha value is -1.14. The van der Waals surface area contributed by atoms with Crippen LogP contribution < -0.4 is 5.73 Å². The van der Waals surface area contributed by atoms with Crippen LogP contribution in [0.25, 0.3) is 0 Å². The number of likely N-dealkylation sites (tertiary alicyclic amines) is 1. The molecule has 3 unspecified atom stereocenters. The Morgan fingerprint density at radius 3 is 2.57 bits per heavy atom. The summed E-state index contributed by atoms with van der Waals surface area (Å²) in [6.07, 6.45) is 1.92. The highest BCUT2D eigenvalue weighted by atomic mass is 16.5. The number of methoxy groups -OCH3 is 1. The van der Waals surface area contributed by atoms with Gasteiger partial charge in [-0.1, -0.05) is 13.8 Å². The highest BCUT2D eigenvalue weighted by Crippen LogP contribution is 2.51. The number of nitrogens with zero attached hydrogens (tertiary/aromatic N) is 1. The molecule has 1 saturated carbocycles. The van der Waals surface area contributed by atoms with E-state index in [1.165, 1.54) is 7.11 Å². The minimum absolute atomic E-state index is 0.0179. The van der Waals surface area contributed by atoms with Crippen LogP contribution in [0.5, 0.6) is 0 Å². The summed E-state index contributed by atoms with van der Waals surface area (Å²) in [6.45, 7) is 7.01. The largest absolute Gasteiger partial charge is 0.467 e. The maximum Gasteiger partial charge on any atom is 0.328 e. The molecule has 0 radical (unpaired) electrons. The van der Waals surface area contributed by atoms with Gasteiger partial charge in [-0.25, -0.2) is 4.79 Å². The number of carbonyl (C=O) groups excluding carboxylic acids is 2. The highest BCUT2D eigenvalue weighted by Gasteiger charge is 2.64. The summed E-state index contributed by atoms with van der Waals surface area (Å²) in [4.78, 5) is 26.3. The lowest BCUT2D eigenvalue weighted by Crippen LogP contribution is -2.76. The average molecular weight is 298 g/mol. The first-order valence-electron chi connectivity index (χ1n) is 7.59. The molecule has 6 heteroatoms. The van der Waals surface area contributed by atoms with E-state index in [0.717, 1.165) is 6.42 Å². The Labute approximate surface area is 125 Å². The van der Waals surface area contributed by atoms with Crippen molar-refractivity contribution in [2.45, 2.75) is 57.7 Å². The zero-order chi connectivity index (χ0) is 15.8. The van der Waals surface area contributed by atoms with Crippen LogP contribution in [0.4, 0.5) is 0 Å². The van der Waals surface area contributed by atoms with Crippen LogP contribution >= 0.6 is 0 Å². The zero-order valence-corrected chi connectivity index (χ0v) is 13.3. The van der Waals surface area contributed by atoms with Crippen molar-refractivity contribution < 1.29 is 19.1 Å². The molecule has 0 spiro atoms. The maximum absolute atomic E-state index is 12.9. The van der Waals surface area contributed by atoms with Gasteiger partial charge in [0.15, 0.2) is 0 Å². The van der Waals surface area contributed by atoms with E-state index in [2.05, 4.69) is 0 Å². The van der Waals surface area contributed by atoms with E-state index in [0.29, 0.717) is 26.0 Å². The normalized spacial score (nSPS) is 34.4. The van der Waals surface area contributed by atoms with Crippen LogP contribution in [0.1, 0.15) is 40.0 Å². The van der Waals surface area contributed by atoms with Crippen molar-refractivity contribution in [2.24, 2.45) is 11.1 Å². The van der Waals surface area contributed by atoms with Crippen molar-refractivity contribution in [3.05, 3.63) is 0 Å². The molecule has 1 aliphatic heterocycles. The lowest BCUT2D eigenvalue weighted by molar-refractivity contribution is -0.182. The molecular weight excluding hydrogens is 272 g/mol. The van der Waals surface area contributed by atoms with E-state index in [4.69, 9.17) is 15.2 Å². The second-order valence-corrected chi connectivity index (χ2v) is 6.52. The second kappa shape index (κ2) is 5.57. The molecule has 1 heterocycles. The molecule has 0 aromatic rings. The number of ether oxygens (including phenoxy) is 2. The molecule has 120 valence electrons. The second-order valence-electron chi connectivity index (χ2n) is 6.52. The summed E-state index contributed by atoms with van der Waals surface area (Å²) >= 11 is 0. The SMILES string of the molecule is CCOC1CC(N)(C(=O)N2CCCC2C(=O)OC)C1(C)C. The van der Waals surface area contributed by atoms with Crippen molar-refractivity contribution in [3.8, 4) is 0 Å². The van der Waals surface area contributed by atoms with Gasteiger partial charge < -0.3 is 20.1 Å². The van der Waals surface area contributed by atoms with Crippen LogP contribution in [0, 0.1) is 5.41 Å². The maximum atomic E-state index is 12.9. The Morgan fingerprint density at radius 2 is 2.05 bits per heavy atom. The summed E-state index contributed by atoms with van der Waals surface area (Å²) in [5, 5.41) is 0. The lowest BCUT2D eigenvalue weighted by Gasteiger charge is -2.58. The number of nitrogens with two attached hydrogens (primary N) is 1. The van der Waals surface area contributed by atoms with Crippen molar-refractivity contribution in [1.29, 1.82) is 0 Å². The van der Waals surface area contributed by atoms with E-state index >= 15 is 0 Å². The molecule has 0 bridgehead atoms. The van der Waals surface area contributed by atoms with E-state index in [1.807, 2.05) is 20.8 Å². The molecule has 2 N–H and O–H groups in total. The lowest BCUT2D eigenvalue weighted by atomic mass is 9.54. The highest BCUT2D eigenvalue weighted by molar-refractivity contribution is 5.92. The van der Waals surface area contributed by atoms with Crippen LogP contribution in [0.15, 0.2) is 0 Å². The Balaban J connectivity index is 2.15. The van der Waals surface area contributed by atoms with E-state index in [1.54, 1.807) is 4.90 Å². The summed E-state index contributed by atoms with van der Waals surface area (Å²) in [6, 6.07) is -0.495. The molecule has 0 aromatic heterocycles. The van der Waals surface area contributed by atoms with Gasteiger partial charge in [0.2, 0.25) is 5.91 Å². The van der Waals surface area contributed by atoms with Crippen LogP contribution in [-0.2, 0) is 19.1 Å². The number of esters is 1. The first-order valence-corrected chi connectivity index (χ1v) is 7.59. The standard InChI is InChI=1S/C15H26N2O4/c1-5-21-11-9-15(16,14(11,2)3)13(19)17-8-6-7-10(17)12(18)20-4/h10-11H,5-9,16H2,1-4H3. The van der Waals surface area contributed by atoms with Crippen molar-refractivity contribution in [1.82, 2.24) is 4.90 Å². The topological polar surface area (TPSA) is 81.9 Å². The fourth-order valence-electron chi connectivity index (χ4n) is 3.45. The molecular formula is C15H26N2O4. The fraction of sp³-hybridized carbons (Fsp3) is 0.867. The smallest absolute Gasteiger partial charge is 0.328 e. The van der Waals surface area contributed by atoms with Crippen LogP contribution in [0.2, 0.25) is 0 Å². The molecule has 3 atom stereocenters. The molecule has 2 rings (SSSR count). The minimum atomic E-state index is -0.969. The first kappa shape index (κ1) is 16.2. The fourth-order valence-corrected chi connectivity index (χ4v) is 3.45. The number of hydrogen-bond donors (Lipinski definition) is 1. The quantitative estimate of drug-likeness (QED) is 0.772. The third-order valence-electron chi connectivity index (χ3n) is 5.20. The third-order valence-corrected chi connectivity index (χ3v) is 5.20. The molecule has 0 aromatic carbocycles. The van der Waals surface area contributed by atoms with Gasteiger partial charge in [0, 0.05) is 25.0 Å². The van der Waals surface area contributed by atoms with Gasteiger partial charge in [-0.2, -0.15) is 0 Å². The molecule has 21 heavy (non-hydrogen) atoms. The number of rotatable bonds is 4. The zero-order valence-electron chi connectivity index (χ0n) is 13.3. The summed E-state index contributed by atoms with van der Waals surface area (Å²) in [5.41, 5.74) is 5.00. The summed E-state index contributed by atoms with van der Waals surface area (Å²) < 4.78 is 10.4. The van der Waals surface area contributed by atoms with Gasteiger partial charge >= 0.3 is 5.97 Å². The summed E-state index contributed by atoms with van der Waals surface area (Å²) in [5.74, 6) is -0.515. The number of carbonyl (C=O) groups is 2. The van der Waals surface area contributed by atoms with Crippen molar-refractivity contribution in [2.75, 3.05) is 20.3 Å². The molecule has 6 nitrogen and oxygen atoms in total. The first-order chi connectivity index (χ1) is 9.79. The van der Waals surface area contributed by atoms with Crippen LogP contribution in [0.3, 0.4) is 0 Å². The average Bonchev–Trinajstić information content (AvgIpc) is 2.94. The molecule has 1 amide bonds. The van der Waals surface area contributed by atoms with Gasteiger partial charge in [0.05, 0.1) is 13.2 Å². The van der Waals surface area contributed by atoms with Crippen molar-refractivity contribution in [3.63, 3.8) is 0 Å². The predicted molar refractivity (Wildman–Crippen MR) is 77.5 cm³/mol. The number of amides is 1. The van der Waals surface area contributed by atoms with Gasteiger partial charge in [-0.15, -0.1) is 0 Å². The summed E-state index contributed by atoms with van der Waals surface area (Å²) in [7, 11) is 1.35. The van der Waals surface area contributed by atoms with Gasteiger partial charge in [0.1, 0.15) is 11.6 Å². The van der Waals surface area contributed by atoms with E-state index in [9.17, 15) is 9.59 Å². The molecule has 2 fully saturated rings. The Kier molecular flexibility index (Phi) is 4.31. The number of hydrogen-bond acceptors (Lipinski definition) is 5. The minimum Gasteiger partial charge on any atom is -0.467 e. The molecule has 2 aliphatic rings. The van der Waals surface area contributed by atoms with Gasteiger partial charge in [0.25, 0.3) is 0 Å². The Bertz CT molecular complexity index is 437. The monoisotopic (exact) mass is 298 g/mol.